The first-order valence-corrected chi connectivity index (χ1v) is 6.29. The van der Waals surface area contributed by atoms with E-state index in [4.69, 9.17) is 0 Å². The van der Waals surface area contributed by atoms with E-state index in [2.05, 4.69) is 30.7 Å². The Morgan fingerprint density at radius 3 is 2.72 bits per heavy atom. The molecule has 0 aliphatic carbocycles. The minimum Gasteiger partial charge on any atom is -0.334 e. The Balaban J connectivity index is 2.72. The van der Waals surface area contributed by atoms with Crippen LogP contribution < -0.4 is 11.3 Å². The van der Waals surface area contributed by atoms with Crippen LogP contribution in [0.2, 0.25) is 0 Å². The lowest BCUT2D eigenvalue weighted by Crippen LogP contribution is -2.37. The van der Waals surface area contributed by atoms with Crippen molar-refractivity contribution in [3.63, 3.8) is 0 Å². The quantitative estimate of drug-likeness (QED) is 0.712. The molecule has 0 bridgehead atoms. The monoisotopic (exact) mass is 246 g/mol. The first-order chi connectivity index (χ1) is 8.38. The molecule has 0 radical (unpaired) electrons. The van der Waals surface area contributed by atoms with Crippen molar-refractivity contribution in [1.29, 1.82) is 0 Å². The summed E-state index contributed by atoms with van der Waals surface area (Å²) in [4.78, 5) is 21.1. The SMILES string of the molecule is Bc1nc2ncn(C(C)(C)CCC)c(=O)c2n1C. The van der Waals surface area contributed by atoms with E-state index in [1.165, 1.54) is 0 Å². The third kappa shape index (κ3) is 1.85. The lowest BCUT2D eigenvalue weighted by atomic mass is 9.98. The second kappa shape index (κ2) is 4.26. The van der Waals surface area contributed by atoms with Gasteiger partial charge in [-0.15, -0.1) is 0 Å². The summed E-state index contributed by atoms with van der Waals surface area (Å²) in [5.74, 6) is 0. The van der Waals surface area contributed by atoms with Crippen LogP contribution >= 0.6 is 0 Å². The molecule has 2 aromatic rings. The van der Waals surface area contributed by atoms with E-state index in [9.17, 15) is 4.79 Å². The molecular formula is C12H19BN4O. The van der Waals surface area contributed by atoms with Crippen molar-refractivity contribution in [2.45, 2.75) is 39.2 Å². The largest absolute Gasteiger partial charge is 0.334 e. The average molecular weight is 246 g/mol. The number of hydrogen-bond donors (Lipinski definition) is 0. The van der Waals surface area contributed by atoms with Crippen LogP contribution in [0, 0.1) is 0 Å². The van der Waals surface area contributed by atoms with Gasteiger partial charge in [-0.3, -0.25) is 9.36 Å². The van der Waals surface area contributed by atoms with Crippen LogP contribution in [0.15, 0.2) is 11.1 Å². The molecule has 2 aromatic heterocycles. The van der Waals surface area contributed by atoms with Gasteiger partial charge in [0.15, 0.2) is 19.0 Å². The van der Waals surface area contributed by atoms with E-state index in [0.717, 1.165) is 18.6 Å². The van der Waals surface area contributed by atoms with Crippen molar-refractivity contribution < 1.29 is 0 Å². The zero-order valence-electron chi connectivity index (χ0n) is 11.7. The van der Waals surface area contributed by atoms with E-state index >= 15 is 0 Å². The van der Waals surface area contributed by atoms with Crippen molar-refractivity contribution in [2.75, 3.05) is 0 Å². The molecule has 6 heteroatoms. The molecule has 0 aromatic carbocycles. The standard InChI is InChI=1S/C12H19BN4O/c1-5-6-12(2,3)17-7-14-9-8(10(17)18)16(4)11(13)15-9/h7H,5-6,13H2,1-4H3. The van der Waals surface area contributed by atoms with Crippen molar-refractivity contribution in [3.8, 4) is 0 Å². The molecule has 0 fully saturated rings. The first-order valence-electron chi connectivity index (χ1n) is 6.29. The number of rotatable bonds is 3. The molecule has 0 spiro atoms. The molecule has 2 heterocycles. The normalized spacial score (nSPS) is 12.2. The van der Waals surface area contributed by atoms with Gasteiger partial charge in [0.1, 0.15) is 6.33 Å². The van der Waals surface area contributed by atoms with E-state index in [0.29, 0.717) is 11.2 Å². The first kappa shape index (κ1) is 12.9. The van der Waals surface area contributed by atoms with Gasteiger partial charge in [0.05, 0.1) is 5.72 Å². The van der Waals surface area contributed by atoms with Crippen LogP contribution in [0.1, 0.15) is 33.6 Å². The fourth-order valence-corrected chi connectivity index (χ4v) is 2.36. The Hall–Kier alpha value is -1.59. The van der Waals surface area contributed by atoms with Crippen molar-refractivity contribution in [3.05, 3.63) is 16.7 Å². The highest BCUT2D eigenvalue weighted by Gasteiger charge is 2.23. The van der Waals surface area contributed by atoms with Gasteiger partial charge in [-0.1, -0.05) is 13.3 Å². The number of hydrogen-bond acceptors (Lipinski definition) is 3. The second-order valence-corrected chi connectivity index (χ2v) is 5.37. The van der Waals surface area contributed by atoms with Crippen molar-refractivity contribution in [1.82, 2.24) is 19.1 Å². The highest BCUT2D eigenvalue weighted by atomic mass is 16.1. The van der Waals surface area contributed by atoms with E-state index in [-0.39, 0.29) is 11.1 Å². The summed E-state index contributed by atoms with van der Waals surface area (Å²) in [5, 5.41) is 0. The molecule has 96 valence electrons. The lowest BCUT2D eigenvalue weighted by Gasteiger charge is -2.26. The number of fused-ring (bicyclic) bond motifs is 1. The predicted molar refractivity (Wildman–Crippen MR) is 75.2 cm³/mol. The molecule has 0 aliphatic heterocycles. The molecule has 0 unspecified atom stereocenters. The van der Waals surface area contributed by atoms with Gasteiger partial charge in [0, 0.05) is 12.6 Å². The zero-order valence-corrected chi connectivity index (χ0v) is 11.7. The number of aromatic nitrogens is 4. The number of imidazole rings is 1. The summed E-state index contributed by atoms with van der Waals surface area (Å²) in [7, 11) is 3.73. The minimum absolute atomic E-state index is 0.0125. The fraction of sp³-hybridized carbons (Fsp3) is 0.583. The van der Waals surface area contributed by atoms with Crippen LogP contribution in [0.4, 0.5) is 0 Å². The van der Waals surface area contributed by atoms with Gasteiger partial charge in [-0.2, -0.15) is 0 Å². The van der Waals surface area contributed by atoms with Crippen LogP contribution in [0.25, 0.3) is 11.2 Å². The maximum absolute atomic E-state index is 12.5. The molecule has 0 saturated carbocycles. The summed E-state index contributed by atoms with van der Waals surface area (Å²) < 4.78 is 3.53. The molecule has 0 aliphatic rings. The van der Waals surface area contributed by atoms with Crippen LogP contribution in [-0.2, 0) is 12.6 Å². The summed E-state index contributed by atoms with van der Waals surface area (Å²) in [6.07, 6.45) is 3.59. The molecular weight excluding hydrogens is 227 g/mol. The van der Waals surface area contributed by atoms with Gasteiger partial charge in [-0.05, 0) is 20.3 Å². The highest BCUT2D eigenvalue weighted by molar-refractivity contribution is 6.30. The van der Waals surface area contributed by atoms with E-state index in [1.807, 2.05) is 19.5 Å². The number of nitrogens with zero attached hydrogens (tertiary/aromatic N) is 4. The predicted octanol–water partition coefficient (Wildman–Crippen LogP) is -0.0764. The highest BCUT2D eigenvalue weighted by Crippen LogP contribution is 2.19. The summed E-state index contributed by atoms with van der Waals surface area (Å²) >= 11 is 0. The maximum atomic E-state index is 12.5. The lowest BCUT2D eigenvalue weighted by molar-refractivity contribution is 0.312. The van der Waals surface area contributed by atoms with E-state index < -0.39 is 0 Å². The second-order valence-electron chi connectivity index (χ2n) is 5.37. The summed E-state index contributed by atoms with van der Waals surface area (Å²) in [5.41, 5.74) is 1.69. The third-order valence-electron chi connectivity index (χ3n) is 3.53. The molecule has 18 heavy (non-hydrogen) atoms. The van der Waals surface area contributed by atoms with Crippen LogP contribution in [0.5, 0.6) is 0 Å². The fourth-order valence-electron chi connectivity index (χ4n) is 2.36. The topological polar surface area (TPSA) is 52.7 Å². The summed E-state index contributed by atoms with van der Waals surface area (Å²) in [6.45, 7) is 6.25. The van der Waals surface area contributed by atoms with Gasteiger partial charge in [0.25, 0.3) is 5.56 Å². The summed E-state index contributed by atoms with van der Waals surface area (Å²) in [6, 6.07) is 0. The van der Waals surface area contributed by atoms with Crippen molar-refractivity contribution in [2.24, 2.45) is 7.05 Å². The van der Waals surface area contributed by atoms with Gasteiger partial charge in [0.2, 0.25) is 0 Å². The van der Waals surface area contributed by atoms with E-state index in [1.54, 1.807) is 10.9 Å². The molecule has 5 nitrogen and oxygen atoms in total. The number of aryl methyl sites for hydroxylation is 1. The Morgan fingerprint density at radius 1 is 1.44 bits per heavy atom. The molecule has 0 N–H and O–H groups in total. The Labute approximate surface area is 107 Å². The Bertz CT molecular complexity index is 641. The zero-order chi connectivity index (χ0) is 13.5. The maximum Gasteiger partial charge on any atom is 0.280 e. The molecule has 2 rings (SSSR count). The molecule has 0 saturated heterocycles. The Morgan fingerprint density at radius 2 is 2.11 bits per heavy atom. The molecule has 0 atom stereocenters. The van der Waals surface area contributed by atoms with Gasteiger partial charge >= 0.3 is 0 Å². The minimum atomic E-state index is -0.217. The van der Waals surface area contributed by atoms with Crippen LogP contribution in [-0.4, -0.2) is 26.9 Å². The van der Waals surface area contributed by atoms with Crippen LogP contribution in [0.3, 0.4) is 0 Å². The Kier molecular flexibility index (Phi) is 3.05. The third-order valence-corrected chi connectivity index (χ3v) is 3.53. The van der Waals surface area contributed by atoms with Crippen molar-refractivity contribution >= 4 is 24.7 Å². The van der Waals surface area contributed by atoms with Gasteiger partial charge < -0.3 is 4.57 Å². The molecule has 0 amide bonds. The van der Waals surface area contributed by atoms with Gasteiger partial charge in [-0.25, -0.2) is 9.97 Å². The average Bonchev–Trinajstić information content (AvgIpc) is 2.55. The smallest absolute Gasteiger partial charge is 0.280 e.